The van der Waals surface area contributed by atoms with Crippen LogP contribution in [0.2, 0.25) is 0 Å². The number of piperazine rings is 1. The van der Waals surface area contributed by atoms with Gasteiger partial charge in [-0.3, -0.25) is 9.69 Å². The number of hydrogen-bond acceptors (Lipinski definition) is 7. The van der Waals surface area contributed by atoms with Gasteiger partial charge >= 0.3 is 0 Å². The minimum absolute atomic E-state index is 0.0432. The van der Waals surface area contributed by atoms with Gasteiger partial charge in [0.25, 0.3) is 0 Å². The number of nitrogens with zero attached hydrogens (tertiary/aromatic N) is 4. The fourth-order valence-corrected chi connectivity index (χ4v) is 3.45. The van der Waals surface area contributed by atoms with Gasteiger partial charge in [0.15, 0.2) is 0 Å². The Labute approximate surface area is 145 Å². The maximum Gasteiger partial charge on any atom is 0.239 e. The fraction of sp³-hybridized carbons (Fsp3) is 0.562. The van der Waals surface area contributed by atoms with Gasteiger partial charge < -0.3 is 15.2 Å². The highest BCUT2D eigenvalue weighted by Gasteiger charge is 2.22. The molecule has 1 aliphatic rings. The Morgan fingerprint density at radius 2 is 2.21 bits per heavy atom. The lowest BCUT2D eigenvalue weighted by atomic mass is 10.2. The SMILES string of the molecule is CC(N)C(=O)N1CCN(CCCc2nc(-c3cccs3)no2)CC1. The quantitative estimate of drug-likeness (QED) is 0.844. The van der Waals surface area contributed by atoms with Gasteiger partial charge in [-0.1, -0.05) is 11.2 Å². The molecule has 1 unspecified atom stereocenters. The maximum atomic E-state index is 11.9. The van der Waals surface area contributed by atoms with Crippen LogP contribution >= 0.6 is 11.3 Å². The van der Waals surface area contributed by atoms with Crippen molar-refractivity contribution in [2.45, 2.75) is 25.8 Å². The minimum atomic E-state index is -0.411. The molecule has 1 amide bonds. The summed E-state index contributed by atoms with van der Waals surface area (Å²) in [5.74, 6) is 1.40. The Morgan fingerprint density at radius 1 is 1.42 bits per heavy atom. The van der Waals surface area contributed by atoms with Crippen molar-refractivity contribution in [1.29, 1.82) is 0 Å². The average molecular weight is 349 g/mol. The number of thiophene rings is 1. The second-order valence-electron chi connectivity index (χ2n) is 6.05. The molecule has 0 aliphatic carbocycles. The van der Waals surface area contributed by atoms with E-state index in [0.29, 0.717) is 11.7 Å². The zero-order valence-electron chi connectivity index (χ0n) is 13.9. The van der Waals surface area contributed by atoms with Crippen molar-refractivity contribution < 1.29 is 9.32 Å². The number of aryl methyl sites for hydroxylation is 1. The molecule has 2 aromatic rings. The lowest BCUT2D eigenvalue weighted by molar-refractivity contribution is -0.133. The van der Waals surface area contributed by atoms with Gasteiger partial charge in [0.1, 0.15) is 0 Å². The van der Waals surface area contributed by atoms with E-state index < -0.39 is 6.04 Å². The molecule has 24 heavy (non-hydrogen) atoms. The van der Waals surface area contributed by atoms with Crippen LogP contribution in [0.15, 0.2) is 22.0 Å². The van der Waals surface area contributed by atoms with E-state index in [9.17, 15) is 4.79 Å². The van der Waals surface area contributed by atoms with E-state index in [1.807, 2.05) is 22.4 Å². The zero-order valence-corrected chi connectivity index (χ0v) is 14.7. The molecule has 0 bridgehead atoms. The second kappa shape index (κ2) is 7.87. The maximum absolute atomic E-state index is 11.9. The molecular weight excluding hydrogens is 326 g/mol. The molecule has 3 heterocycles. The van der Waals surface area contributed by atoms with E-state index in [1.165, 1.54) is 0 Å². The summed E-state index contributed by atoms with van der Waals surface area (Å²) in [7, 11) is 0. The first-order valence-electron chi connectivity index (χ1n) is 8.26. The summed E-state index contributed by atoms with van der Waals surface area (Å²) >= 11 is 1.61. The number of aromatic nitrogens is 2. The Balaban J connectivity index is 1.39. The third kappa shape index (κ3) is 4.19. The molecule has 7 nitrogen and oxygen atoms in total. The van der Waals surface area contributed by atoms with Crippen LogP contribution in [0.5, 0.6) is 0 Å². The monoisotopic (exact) mass is 349 g/mol. The van der Waals surface area contributed by atoms with Crippen molar-refractivity contribution in [1.82, 2.24) is 19.9 Å². The molecule has 8 heteroatoms. The van der Waals surface area contributed by atoms with E-state index in [4.69, 9.17) is 10.3 Å². The molecule has 1 aliphatic heterocycles. The Hall–Kier alpha value is -1.77. The highest BCUT2D eigenvalue weighted by molar-refractivity contribution is 7.13. The van der Waals surface area contributed by atoms with Gasteiger partial charge in [-0.15, -0.1) is 11.3 Å². The third-order valence-corrected chi connectivity index (χ3v) is 5.01. The van der Waals surface area contributed by atoms with Crippen LogP contribution in [0.3, 0.4) is 0 Å². The summed E-state index contributed by atoms with van der Waals surface area (Å²) in [6, 6.07) is 3.56. The van der Waals surface area contributed by atoms with Gasteiger partial charge in [0.05, 0.1) is 10.9 Å². The topological polar surface area (TPSA) is 88.5 Å². The predicted octanol–water partition coefficient (Wildman–Crippen LogP) is 1.22. The molecule has 2 aromatic heterocycles. The lowest BCUT2D eigenvalue weighted by Gasteiger charge is -2.35. The van der Waals surface area contributed by atoms with Gasteiger partial charge in [-0.2, -0.15) is 4.98 Å². The van der Waals surface area contributed by atoms with E-state index in [-0.39, 0.29) is 5.91 Å². The molecule has 1 fully saturated rings. The molecule has 130 valence electrons. The van der Waals surface area contributed by atoms with Crippen molar-refractivity contribution in [3.63, 3.8) is 0 Å². The van der Waals surface area contributed by atoms with Crippen molar-refractivity contribution in [3.8, 4) is 10.7 Å². The van der Waals surface area contributed by atoms with Gasteiger partial charge in [-0.25, -0.2) is 0 Å². The molecule has 0 spiro atoms. The molecular formula is C16H23N5O2S. The number of rotatable bonds is 6. The predicted molar refractivity (Wildman–Crippen MR) is 92.6 cm³/mol. The number of amides is 1. The van der Waals surface area contributed by atoms with Crippen LogP contribution < -0.4 is 5.73 Å². The summed E-state index contributed by atoms with van der Waals surface area (Å²) in [6.07, 6.45) is 1.74. The van der Waals surface area contributed by atoms with Crippen LogP contribution in [-0.2, 0) is 11.2 Å². The van der Waals surface area contributed by atoms with Crippen LogP contribution in [0, 0.1) is 0 Å². The molecule has 0 aromatic carbocycles. The van der Waals surface area contributed by atoms with E-state index >= 15 is 0 Å². The van der Waals surface area contributed by atoms with Crippen molar-refractivity contribution >= 4 is 17.2 Å². The van der Waals surface area contributed by atoms with E-state index in [0.717, 1.165) is 50.4 Å². The molecule has 2 N–H and O–H groups in total. The highest BCUT2D eigenvalue weighted by atomic mass is 32.1. The summed E-state index contributed by atoms with van der Waals surface area (Å²) in [6.45, 7) is 6.00. The molecule has 3 rings (SSSR count). The largest absolute Gasteiger partial charge is 0.339 e. The van der Waals surface area contributed by atoms with Crippen LogP contribution in [0.4, 0.5) is 0 Å². The molecule has 0 radical (unpaired) electrons. The first-order chi connectivity index (χ1) is 11.6. The normalized spacial score (nSPS) is 17.2. The first kappa shape index (κ1) is 17.1. The number of carbonyl (C=O) groups excluding carboxylic acids is 1. The Morgan fingerprint density at radius 3 is 2.88 bits per heavy atom. The van der Waals surface area contributed by atoms with Crippen molar-refractivity contribution in [3.05, 3.63) is 23.4 Å². The summed E-state index contributed by atoms with van der Waals surface area (Å²) in [4.78, 5) is 21.5. The average Bonchev–Trinajstić information content (AvgIpc) is 3.26. The highest BCUT2D eigenvalue weighted by Crippen LogP contribution is 2.21. The number of hydrogen-bond donors (Lipinski definition) is 1. The van der Waals surface area contributed by atoms with E-state index in [1.54, 1.807) is 18.3 Å². The van der Waals surface area contributed by atoms with Crippen molar-refractivity contribution in [2.75, 3.05) is 32.7 Å². The lowest BCUT2D eigenvalue weighted by Crippen LogP contribution is -2.52. The first-order valence-corrected chi connectivity index (χ1v) is 9.14. The van der Waals surface area contributed by atoms with Crippen molar-refractivity contribution in [2.24, 2.45) is 5.73 Å². The molecule has 1 atom stereocenters. The van der Waals surface area contributed by atoms with Gasteiger partial charge in [-0.05, 0) is 31.3 Å². The van der Waals surface area contributed by atoms with Crippen LogP contribution in [0.25, 0.3) is 10.7 Å². The van der Waals surface area contributed by atoms with Gasteiger partial charge in [0, 0.05) is 32.6 Å². The van der Waals surface area contributed by atoms with Gasteiger partial charge in [0.2, 0.25) is 17.6 Å². The Kier molecular flexibility index (Phi) is 5.60. The Bertz CT molecular complexity index is 647. The van der Waals surface area contributed by atoms with Crippen LogP contribution in [-0.4, -0.2) is 64.6 Å². The number of nitrogens with two attached hydrogens (primary N) is 1. The fourth-order valence-electron chi connectivity index (χ4n) is 2.80. The molecule has 1 saturated heterocycles. The summed E-state index contributed by atoms with van der Waals surface area (Å²) in [5.41, 5.74) is 5.66. The zero-order chi connectivity index (χ0) is 16.9. The van der Waals surface area contributed by atoms with E-state index in [2.05, 4.69) is 15.0 Å². The minimum Gasteiger partial charge on any atom is -0.339 e. The number of carbonyl (C=O) groups is 1. The third-order valence-electron chi connectivity index (χ3n) is 4.15. The summed E-state index contributed by atoms with van der Waals surface area (Å²) < 4.78 is 5.31. The molecule has 0 saturated carbocycles. The smallest absolute Gasteiger partial charge is 0.239 e. The second-order valence-corrected chi connectivity index (χ2v) is 7.00. The van der Waals surface area contributed by atoms with Crippen LogP contribution in [0.1, 0.15) is 19.2 Å². The standard InChI is InChI=1S/C16H23N5O2S/c1-12(17)16(22)21-9-7-20(8-10-21)6-2-5-14-18-15(19-23-14)13-4-3-11-24-13/h3-4,11-12H,2,5-10,17H2,1H3. The summed E-state index contributed by atoms with van der Waals surface area (Å²) in [5, 5.41) is 6.03.